The average molecular weight is 321 g/mol. The molecule has 3 aliphatic carbocycles. The lowest BCUT2D eigenvalue weighted by Crippen LogP contribution is -2.49. The van der Waals surface area contributed by atoms with Crippen molar-refractivity contribution in [3.8, 4) is 0 Å². The van der Waals surface area contributed by atoms with Gasteiger partial charge in [0.25, 0.3) is 0 Å². The number of hydrogen-bond donors (Lipinski definition) is 1. The molecule has 0 aromatic heterocycles. The Kier molecular flexibility index (Phi) is 2.51. The molecule has 0 saturated heterocycles. The van der Waals surface area contributed by atoms with Crippen LogP contribution in [0.3, 0.4) is 0 Å². The van der Waals surface area contributed by atoms with Gasteiger partial charge in [0.1, 0.15) is 0 Å². The van der Waals surface area contributed by atoms with Gasteiger partial charge in [-0.2, -0.15) is 13.2 Å². The summed E-state index contributed by atoms with van der Waals surface area (Å²) in [6.45, 7) is 0.727. The topological polar surface area (TPSA) is 27.6 Å². The highest BCUT2D eigenvalue weighted by atomic mass is 19.4. The van der Waals surface area contributed by atoms with E-state index in [0.717, 1.165) is 24.9 Å². The molecule has 1 spiro atoms. The number of benzene rings is 1. The van der Waals surface area contributed by atoms with Gasteiger partial charge < -0.3 is 10.2 Å². The van der Waals surface area contributed by atoms with Crippen molar-refractivity contribution >= 4 is 17.3 Å². The van der Waals surface area contributed by atoms with E-state index < -0.39 is 11.7 Å². The second-order valence-electron chi connectivity index (χ2n) is 7.37. The second-order valence-corrected chi connectivity index (χ2v) is 7.37. The standard InChI is InChI=1S/C17H18F3N3/c18-17(19,20)12-2-1-3-13-14(12)21-15-22-16(9-23(13)15)8-10-4-6-11(16)7-5-10/h1-3,10-11H,4-9H2,(H,21,22)/t10?,11?,16-/m1/s1. The number of para-hydroxylation sites is 1. The Morgan fingerprint density at radius 1 is 1.17 bits per heavy atom. The summed E-state index contributed by atoms with van der Waals surface area (Å²) >= 11 is 0. The summed E-state index contributed by atoms with van der Waals surface area (Å²) in [5.74, 6) is 1.94. The van der Waals surface area contributed by atoms with Gasteiger partial charge in [0.15, 0.2) is 0 Å². The number of nitrogens with zero attached hydrogens (tertiary/aromatic N) is 2. The number of anilines is 2. The van der Waals surface area contributed by atoms with Crippen LogP contribution in [0.2, 0.25) is 0 Å². The first-order valence-corrected chi connectivity index (χ1v) is 8.31. The van der Waals surface area contributed by atoms with Crippen LogP contribution in [0.4, 0.5) is 24.5 Å². The third-order valence-electron chi connectivity index (χ3n) is 6.14. The zero-order valence-corrected chi connectivity index (χ0v) is 12.7. The number of fused-ring (bicyclic) bond motifs is 5. The van der Waals surface area contributed by atoms with Crippen molar-refractivity contribution in [2.24, 2.45) is 16.8 Å². The molecule has 3 nitrogen and oxygen atoms in total. The first kappa shape index (κ1) is 13.7. The number of aliphatic imine (C=N–C) groups is 1. The Morgan fingerprint density at radius 2 is 1.96 bits per heavy atom. The van der Waals surface area contributed by atoms with E-state index in [1.54, 1.807) is 6.07 Å². The molecule has 6 rings (SSSR count). The third kappa shape index (κ3) is 1.80. The molecule has 0 radical (unpaired) electrons. The molecule has 1 N–H and O–H groups in total. The summed E-state index contributed by atoms with van der Waals surface area (Å²) in [6, 6.07) is 4.39. The first-order chi connectivity index (χ1) is 11.0. The molecule has 0 unspecified atom stereocenters. The average Bonchev–Trinajstić information content (AvgIpc) is 3.01. The van der Waals surface area contributed by atoms with Crippen molar-refractivity contribution < 1.29 is 13.2 Å². The summed E-state index contributed by atoms with van der Waals surface area (Å²) in [5.41, 5.74) is 0.105. The Balaban J connectivity index is 1.54. The van der Waals surface area contributed by atoms with Gasteiger partial charge in [-0.25, -0.2) is 4.99 Å². The van der Waals surface area contributed by atoms with Gasteiger partial charge in [-0.05, 0) is 43.2 Å². The van der Waals surface area contributed by atoms with Crippen LogP contribution in [-0.4, -0.2) is 18.0 Å². The molecule has 6 heteroatoms. The highest BCUT2D eigenvalue weighted by Gasteiger charge is 2.54. The van der Waals surface area contributed by atoms with E-state index in [1.165, 1.54) is 31.7 Å². The third-order valence-corrected chi connectivity index (χ3v) is 6.14. The van der Waals surface area contributed by atoms with Crippen LogP contribution in [-0.2, 0) is 6.18 Å². The van der Waals surface area contributed by atoms with Crippen LogP contribution in [0.5, 0.6) is 0 Å². The molecule has 0 amide bonds. The van der Waals surface area contributed by atoms with Crippen LogP contribution in [0, 0.1) is 11.8 Å². The molecule has 1 atom stereocenters. The molecule has 3 saturated carbocycles. The number of hydrogen-bond acceptors (Lipinski definition) is 3. The van der Waals surface area contributed by atoms with Gasteiger partial charge in [0, 0.05) is 0 Å². The lowest BCUT2D eigenvalue weighted by atomic mass is 9.60. The van der Waals surface area contributed by atoms with Crippen LogP contribution < -0.4 is 10.2 Å². The Labute approximate surface area is 132 Å². The molecule has 5 aliphatic rings. The van der Waals surface area contributed by atoms with E-state index in [0.29, 0.717) is 17.6 Å². The SMILES string of the molecule is FC(F)(F)c1cccc2c1NC1=N[C@]3(CC4CCC3CC4)CN12. The maximum atomic E-state index is 13.2. The smallest absolute Gasteiger partial charge is 0.324 e. The zero-order chi connectivity index (χ0) is 15.8. The van der Waals surface area contributed by atoms with Gasteiger partial charge in [0.2, 0.25) is 5.96 Å². The number of rotatable bonds is 0. The zero-order valence-electron chi connectivity index (χ0n) is 12.7. The normalized spacial score (nSPS) is 34.4. The van der Waals surface area contributed by atoms with Crippen LogP contribution in [0.15, 0.2) is 23.2 Å². The molecule has 2 heterocycles. The Morgan fingerprint density at radius 3 is 2.61 bits per heavy atom. The monoisotopic (exact) mass is 321 g/mol. The Bertz CT molecular complexity index is 704. The molecule has 122 valence electrons. The maximum absolute atomic E-state index is 13.2. The fraction of sp³-hybridized carbons (Fsp3) is 0.588. The van der Waals surface area contributed by atoms with Gasteiger partial charge >= 0.3 is 6.18 Å². The molecule has 2 bridgehead atoms. The fourth-order valence-electron chi connectivity index (χ4n) is 5.10. The van der Waals surface area contributed by atoms with Gasteiger partial charge in [-0.15, -0.1) is 0 Å². The molecule has 1 aromatic rings. The van der Waals surface area contributed by atoms with Gasteiger partial charge in [0.05, 0.1) is 29.0 Å². The number of halogens is 3. The van der Waals surface area contributed by atoms with Crippen molar-refractivity contribution in [1.29, 1.82) is 0 Å². The first-order valence-electron chi connectivity index (χ1n) is 8.31. The predicted octanol–water partition coefficient (Wildman–Crippen LogP) is 4.26. The minimum absolute atomic E-state index is 0.0740. The lowest BCUT2D eigenvalue weighted by molar-refractivity contribution is -0.136. The summed E-state index contributed by atoms with van der Waals surface area (Å²) < 4.78 is 39.6. The van der Waals surface area contributed by atoms with Crippen molar-refractivity contribution in [2.75, 3.05) is 16.8 Å². The molecular weight excluding hydrogens is 303 g/mol. The maximum Gasteiger partial charge on any atom is 0.418 e. The van der Waals surface area contributed by atoms with E-state index in [2.05, 4.69) is 5.32 Å². The number of alkyl halides is 3. The summed E-state index contributed by atoms with van der Waals surface area (Å²) in [4.78, 5) is 6.89. The van der Waals surface area contributed by atoms with E-state index in [9.17, 15) is 13.2 Å². The lowest BCUT2D eigenvalue weighted by Gasteiger charge is -2.48. The van der Waals surface area contributed by atoms with E-state index >= 15 is 0 Å². The van der Waals surface area contributed by atoms with Crippen molar-refractivity contribution in [3.63, 3.8) is 0 Å². The van der Waals surface area contributed by atoms with Crippen LogP contribution in [0.1, 0.15) is 37.7 Å². The summed E-state index contributed by atoms with van der Waals surface area (Å²) in [6.07, 6.45) is 1.75. The van der Waals surface area contributed by atoms with E-state index in [1.807, 2.05) is 4.90 Å². The molecule has 1 aromatic carbocycles. The minimum Gasteiger partial charge on any atom is -0.324 e. The Hall–Kier alpha value is -1.72. The quantitative estimate of drug-likeness (QED) is 0.773. The predicted molar refractivity (Wildman–Crippen MR) is 82.6 cm³/mol. The number of nitrogens with one attached hydrogen (secondary N) is 1. The van der Waals surface area contributed by atoms with E-state index in [4.69, 9.17) is 4.99 Å². The molecular formula is C17H18F3N3. The van der Waals surface area contributed by atoms with Crippen molar-refractivity contribution in [1.82, 2.24) is 0 Å². The highest BCUT2D eigenvalue weighted by molar-refractivity contribution is 6.16. The molecule has 3 fully saturated rings. The van der Waals surface area contributed by atoms with Gasteiger partial charge in [-0.3, -0.25) is 0 Å². The summed E-state index contributed by atoms with van der Waals surface area (Å²) in [5, 5.41) is 2.96. The molecule has 23 heavy (non-hydrogen) atoms. The fourth-order valence-corrected chi connectivity index (χ4v) is 5.10. The minimum atomic E-state index is -4.35. The van der Waals surface area contributed by atoms with E-state index in [-0.39, 0.29) is 11.2 Å². The van der Waals surface area contributed by atoms with Crippen LogP contribution in [0.25, 0.3) is 0 Å². The van der Waals surface area contributed by atoms with Gasteiger partial charge in [-0.1, -0.05) is 18.9 Å². The largest absolute Gasteiger partial charge is 0.418 e. The van der Waals surface area contributed by atoms with Crippen LogP contribution >= 0.6 is 0 Å². The second kappa shape index (κ2) is 4.22. The highest BCUT2D eigenvalue weighted by Crippen LogP contribution is 2.54. The van der Waals surface area contributed by atoms with Crippen molar-refractivity contribution in [2.45, 2.75) is 43.8 Å². The molecule has 2 aliphatic heterocycles. The van der Waals surface area contributed by atoms with Crippen molar-refractivity contribution in [3.05, 3.63) is 23.8 Å². The number of guanidine groups is 1. The summed E-state index contributed by atoms with van der Waals surface area (Å²) in [7, 11) is 0.